The summed E-state index contributed by atoms with van der Waals surface area (Å²) in [5.74, 6) is -1.22. The van der Waals surface area contributed by atoms with Crippen molar-refractivity contribution in [2.24, 2.45) is 0 Å². The van der Waals surface area contributed by atoms with E-state index in [1.807, 2.05) is 0 Å². The quantitative estimate of drug-likeness (QED) is 0.672. The zero-order chi connectivity index (χ0) is 19.2. The van der Waals surface area contributed by atoms with Gasteiger partial charge in [0.2, 0.25) is 0 Å². The van der Waals surface area contributed by atoms with Crippen molar-refractivity contribution in [1.82, 2.24) is 10.2 Å². The predicted molar refractivity (Wildman–Crippen MR) is 97.4 cm³/mol. The van der Waals surface area contributed by atoms with E-state index < -0.39 is 17.7 Å². The van der Waals surface area contributed by atoms with E-state index in [0.29, 0.717) is 17.1 Å². The number of nitrogens with one attached hydrogen (secondary N) is 2. The van der Waals surface area contributed by atoms with Gasteiger partial charge in [0.25, 0.3) is 5.91 Å². The summed E-state index contributed by atoms with van der Waals surface area (Å²) in [5.41, 5.74) is 0.758. The van der Waals surface area contributed by atoms with Gasteiger partial charge < -0.3 is 15.4 Å². The van der Waals surface area contributed by atoms with Crippen LogP contribution in [-0.4, -0.2) is 29.2 Å². The molecule has 0 spiro atoms. The number of amides is 1. The van der Waals surface area contributed by atoms with Gasteiger partial charge in [-0.1, -0.05) is 24.3 Å². The minimum Gasteiger partial charge on any atom is -0.465 e. The fourth-order valence-electron chi connectivity index (χ4n) is 2.31. The Morgan fingerprint density at radius 3 is 2.19 bits per heavy atom. The fraction of sp³-hybridized carbons (Fsp3) is 0.0526. The molecule has 8 heteroatoms. The minimum atomic E-state index is -0.626. The molecule has 0 atom stereocenters. The predicted octanol–water partition coefficient (Wildman–Crippen LogP) is 3.40. The number of carbonyl (C=O) groups is 2. The first-order chi connectivity index (χ1) is 13.1. The van der Waals surface area contributed by atoms with Gasteiger partial charge in [-0.05, 0) is 36.4 Å². The summed E-state index contributed by atoms with van der Waals surface area (Å²) < 4.78 is 18.4. The smallest absolute Gasteiger partial charge is 0.339 e. The number of benzene rings is 2. The highest BCUT2D eigenvalue weighted by Gasteiger charge is 2.13. The summed E-state index contributed by atoms with van der Waals surface area (Å²) in [7, 11) is 1.30. The van der Waals surface area contributed by atoms with E-state index in [0.717, 1.165) is 0 Å². The summed E-state index contributed by atoms with van der Waals surface area (Å²) in [6, 6.07) is 15.5. The Morgan fingerprint density at radius 2 is 1.52 bits per heavy atom. The van der Waals surface area contributed by atoms with Crippen LogP contribution in [0, 0.1) is 5.82 Å². The molecule has 1 heterocycles. The molecule has 0 aliphatic rings. The first-order valence-electron chi connectivity index (χ1n) is 7.92. The second-order valence-electron chi connectivity index (χ2n) is 5.40. The number of rotatable bonds is 5. The van der Waals surface area contributed by atoms with Crippen molar-refractivity contribution in [2.45, 2.75) is 0 Å². The zero-order valence-corrected chi connectivity index (χ0v) is 14.3. The second-order valence-corrected chi connectivity index (χ2v) is 5.40. The van der Waals surface area contributed by atoms with Crippen LogP contribution >= 0.6 is 0 Å². The van der Waals surface area contributed by atoms with E-state index in [9.17, 15) is 14.0 Å². The number of methoxy groups -OCH3 is 1. The molecule has 0 saturated carbocycles. The number of para-hydroxylation sites is 1. The Morgan fingerprint density at radius 1 is 0.889 bits per heavy atom. The molecule has 0 radical (unpaired) electrons. The second kappa shape index (κ2) is 8.05. The lowest BCUT2D eigenvalue weighted by atomic mass is 10.2. The largest absolute Gasteiger partial charge is 0.465 e. The molecule has 7 nitrogen and oxygen atoms in total. The SMILES string of the molecule is COC(=O)c1ccccc1Nc1ccc(NC(=O)c2ccccc2F)nn1. The summed E-state index contributed by atoms with van der Waals surface area (Å²) in [5, 5.41) is 13.3. The lowest BCUT2D eigenvalue weighted by Crippen LogP contribution is -2.15. The molecule has 1 amide bonds. The van der Waals surface area contributed by atoms with E-state index in [1.54, 1.807) is 36.4 Å². The maximum Gasteiger partial charge on any atom is 0.339 e. The van der Waals surface area contributed by atoms with Crippen LogP contribution in [0.15, 0.2) is 60.7 Å². The Balaban J connectivity index is 1.72. The van der Waals surface area contributed by atoms with Gasteiger partial charge in [0.1, 0.15) is 5.82 Å². The van der Waals surface area contributed by atoms with Crippen LogP contribution in [0.2, 0.25) is 0 Å². The van der Waals surface area contributed by atoms with Crippen molar-refractivity contribution in [3.8, 4) is 0 Å². The van der Waals surface area contributed by atoms with Gasteiger partial charge in [-0.3, -0.25) is 4.79 Å². The van der Waals surface area contributed by atoms with E-state index in [4.69, 9.17) is 4.74 Å². The summed E-state index contributed by atoms with van der Waals surface area (Å²) >= 11 is 0. The number of hydrogen-bond acceptors (Lipinski definition) is 6. The molecule has 0 fully saturated rings. The van der Waals surface area contributed by atoms with Crippen LogP contribution in [-0.2, 0) is 4.74 Å². The number of anilines is 3. The fourth-order valence-corrected chi connectivity index (χ4v) is 2.31. The number of carbonyl (C=O) groups excluding carboxylic acids is 2. The molecule has 0 bridgehead atoms. The number of hydrogen-bond donors (Lipinski definition) is 2. The normalized spacial score (nSPS) is 10.1. The van der Waals surface area contributed by atoms with Gasteiger partial charge in [0.05, 0.1) is 23.9 Å². The molecular weight excluding hydrogens is 351 g/mol. The third-order valence-electron chi connectivity index (χ3n) is 3.62. The summed E-state index contributed by atoms with van der Waals surface area (Å²) in [6.07, 6.45) is 0. The molecular formula is C19H15FN4O3. The number of nitrogens with zero attached hydrogens (tertiary/aromatic N) is 2. The molecule has 3 rings (SSSR count). The third kappa shape index (κ3) is 4.24. The molecule has 0 saturated heterocycles. The Bertz CT molecular complexity index is 977. The molecule has 2 N–H and O–H groups in total. The molecule has 1 aromatic heterocycles. The number of ether oxygens (including phenoxy) is 1. The van der Waals surface area contributed by atoms with Gasteiger partial charge in [-0.2, -0.15) is 0 Å². The number of esters is 1. The Labute approximate surface area is 154 Å². The maximum absolute atomic E-state index is 13.6. The molecule has 2 aromatic carbocycles. The van der Waals surface area contributed by atoms with Crippen molar-refractivity contribution in [3.63, 3.8) is 0 Å². The van der Waals surface area contributed by atoms with Gasteiger partial charge in [0.15, 0.2) is 11.6 Å². The first kappa shape index (κ1) is 18.0. The molecule has 0 aliphatic carbocycles. The van der Waals surface area contributed by atoms with Crippen LogP contribution < -0.4 is 10.6 Å². The third-order valence-corrected chi connectivity index (χ3v) is 3.62. The van der Waals surface area contributed by atoms with Gasteiger partial charge in [0, 0.05) is 0 Å². The molecule has 0 aliphatic heterocycles. The van der Waals surface area contributed by atoms with E-state index >= 15 is 0 Å². The lowest BCUT2D eigenvalue weighted by molar-refractivity contribution is 0.0601. The highest BCUT2D eigenvalue weighted by Crippen LogP contribution is 2.20. The molecule has 3 aromatic rings. The lowest BCUT2D eigenvalue weighted by Gasteiger charge is -2.10. The summed E-state index contributed by atoms with van der Waals surface area (Å²) in [4.78, 5) is 23.9. The Kier molecular flexibility index (Phi) is 5.36. The van der Waals surface area contributed by atoms with E-state index in [2.05, 4.69) is 20.8 Å². The highest BCUT2D eigenvalue weighted by molar-refractivity contribution is 6.04. The minimum absolute atomic E-state index is 0.0893. The molecule has 0 unspecified atom stereocenters. The van der Waals surface area contributed by atoms with Crippen LogP contribution in [0.25, 0.3) is 0 Å². The topological polar surface area (TPSA) is 93.2 Å². The average molecular weight is 366 g/mol. The first-order valence-corrected chi connectivity index (χ1v) is 7.92. The van der Waals surface area contributed by atoms with Crippen molar-refractivity contribution in [1.29, 1.82) is 0 Å². The maximum atomic E-state index is 13.6. The Hall–Kier alpha value is -3.81. The average Bonchev–Trinajstić information content (AvgIpc) is 2.69. The number of halogens is 1. The molecule has 27 heavy (non-hydrogen) atoms. The van der Waals surface area contributed by atoms with Crippen molar-refractivity contribution >= 4 is 29.2 Å². The van der Waals surface area contributed by atoms with E-state index in [1.165, 1.54) is 31.4 Å². The van der Waals surface area contributed by atoms with Gasteiger partial charge in [-0.15, -0.1) is 10.2 Å². The van der Waals surface area contributed by atoms with Crippen molar-refractivity contribution < 1.29 is 18.7 Å². The van der Waals surface area contributed by atoms with Gasteiger partial charge in [-0.25, -0.2) is 9.18 Å². The monoisotopic (exact) mass is 366 g/mol. The molecule has 136 valence electrons. The highest BCUT2D eigenvalue weighted by atomic mass is 19.1. The summed E-state index contributed by atoms with van der Waals surface area (Å²) in [6.45, 7) is 0. The van der Waals surface area contributed by atoms with Crippen LogP contribution in [0.5, 0.6) is 0 Å². The standard InChI is InChI=1S/C19H15FN4O3/c1-27-19(26)13-7-3-5-9-15(13)21-16-10-11-17(24-23-16)22-18(25)12-6-2-4-8-14(12)20/h2-11H,1H3,(H,21,23)(H,22,24,25). The van der Waals surface area contributed by atoms with Crippen LogP contribution in [0.4, 0.5) is 21.7 Å². The number of aromatic nitrogens is 2. The van der Waals surface area contributed by atoms with E-state index in [-0.39, 0.29) is 11.4 Å². The van der Waals surface area contributed by atoms with Gasteiger partial charge >= 0.3 is 5.97 Å². The zero-order valence-electron chi connectivity index (χ0n) is 14.3. The van der Waals surface area contributed by atoms with Crippen LogP contribution in [0.3, 0.4) is 0 Å². The van der Waals surface area contributed by atoms with Crippen molar-refractivity contribution in [3.05, 3.63) is 77.6 Å². The van der Waals surface area contributed by atoms with Crippen molar-refractivity contribution in [2.75, 3.05) is 17.7 Å². The van der Waals surface area contributed by atoms with Crippen LogP contribution in [0.1, 0.15) is 20.7 Å².